The molecule has 0 saturated carbocycles. The number of hydrogen-bond acceptors (Lipinski definition) is 4. The summed E-state index contributed by atoms with van der Waals surface area (Å²) in [7, 11) is 0. The van der Waals surface area contributed by atoms with Gasteiger partial charge in [-0.05, 0) is 13.0 Å². The summed E-state index contributed by atoms with van der Waals surface area (Å²) in [5.41, 5.74) is 0.348. The van der Waals surface area contributed by atoms with Crippen molar-refractivity contribution in [3.8, 4) is 0 Å². The van der Waals surface area contributed by atoms with Gasteiger partial charge in [-0.3, -0.25) is 0 Å². The summed E-state index contributed by atoms with van der Waals surface area (Å²) >= 11 is 0. The lowest BCUT2D eigenvalue weighted by atomic mass is 10.2. The SMILES string of the molecule is Cc1ncc2ccnc(C(=O)O)c2n1. The predicted octanol–water partition coefficient (Wildman–Crippen LogP) is 1.03. The van der Waals surface area contributed by atoms with Gasteiger partial charge in [-0.25, -0.2) is 19.7 Å². The maximum absolute atomic E-state index is 10.8. The highest BCUT2D eigenvalue weighted by Gasteiger charge is 2.11. The fourth-order valence-electron chi connectivity index (χ4n) is 1.20. The fraction of sp³-hybridized carbons (Fsp3) is 0.111. The van der Waals surface area contributed by atoms with Crippen LogP contribution in [0.2, 0.25) is 0 Å². The molecule has 0 saturated heterocycles. The molecule has 14 heavy (non-hydrogen) atoms. The summed E-state index contributed by atoms with van der Waals surface area (Å²) in [6.07, 6.45) is 3.02. The van der Waals surface area contributed by atoms with Crippen molar-refractivity contribution < 1.29 is 9.90 Å². The maximum atomic E-state index is 10.8. The lowest BCUT2D eigenvalue weighted by molar-refractivity contribution is 0.0692. The van der Waals surface area contributed by atoms with Crippen LogP contribution in [0.25, 0.3) is 10.9 Å². The third kappa shape index (κ3) is 1.28. The Morgan fingerprint density at radius 3 is 2.93 bits per heavy atom. The van der Waals surface area contributed by atoms with Crippen molar-refractivity contribution >= 4 is 16.9 Å². The van der Waals surface area contributed by atoms with E-state index in [4.69, 9.17) is 5.11 Å². The monoisotopic (exact) mass is 189 g/mol. The zero-order valence-electron chi connectivity index (χ0n) is 7.43. The number of aromatic nitrogens is 3. The molecule has 0 aliphatic carbocycles. The van der Waals surface area contributed by atoms with E-state index in [1.165, 1.54) is 6.20 Å². The normalized spacial score (nSPS) is 10.4. The van der Waals surface area contributed by atoms with E-state index in [9.17, 15) is 4.79 Å². The van der Waals surface area contributed by atoms with Gasteiger partial charge in [-0.15, -0.1) is 0 Å². The Bertz CT molecular complexity index is 510. The molecule has 70 valence electrons. The Labute approximate surface area is 79.5 Å². The van der Waals surface area contributed by atoms with Crippen molar-refractivity contribution in [3.63, 3.8) is 0 Å². The van der Waals surface area contributed by atoms with Crippen molar-refractivity contribution in [1.29, 1.82) is 0 Å². The number of pyridine rings is 1. The molecule has 0 aliphatic heterocycles. The predicted molar refractivity (Wildman–Crippen MR) is 49.0 cm³/mol. The number of carboxylic acid groups (broad SMARTS) is 1. The van der Waals surface area contributed by atoms with Crippen molar-refractivity contribution in [2.45, 2.75) is 6.92 Å². The molecule has 5 heteroatoms. The van der Waals surface area contributed by atoms with E-state index in [1.807, 2.05) is 0 Å². The van der Waals surface area contributed by atoms with Crippen molar-refractivity contribution in [2.24, 2.45) is 0 Å². The zero-order chi connectivity index (χ0) is 10.1. The lowest BCUT2D eigenvalue weighted by Gasteiger charge is -2.00. The Kier molecular flexibility index (Phi) is 1.85. The van der Waals surface area contributed by atoms with Crippen LogP contribution < -0.4 is 0 Å². The number of fused-ring (bicyclic) bond motifs is 1. The molecule has 5 nitrogen and oxygen atoms in total. The molecule has 0 amide bonds. The molecule has 2 heterocycles. The number of aromatic carboxylic acids is 1. The first kappa shape index (κ1) is 8.55. The van der Waals surface area contributed by atoms with Crippen LogP contribution in [0.3, 0.4) is 0 Å². The zero-order valence-corrected chi connectivity index (χ0v) is 7.43. The molecule has 0 aromatic carbocycles. The second-order valence-electron chi connectivity index (χ2n) is 2.82. The van der Waals surface area contributed by atoms with Gasteiger partial charge in [0.05, 0.1) is 0 Å². The minimum Gasteiger partial charge on any atom is -0.476 e. The van der Waals surface area contributed by atoms with Gasteiger partial charge in [0.2, 0.25) is 0 Å². The molecular weight excluding hydrogens is 182 g/mol. The van der Waals surface area contributed by atoms with Crippen LogP contribution >= 0.6 is 0 Å². The van der Waals surface area contributed by atoms with Crippen LogP contribution in [-0.2, 0) is 0 Å². The van der Waals surface area contributed by atoms with Gasteiger partial charge in [-0.1, -0.05) is 0 Å². The molecule has 0 spiro atoms. The van der Waals surface area contributed by atoms with Crippen molar-refractivity contribution in [3.05, 3.63) is 30.0 Å². The summed E-state index contributed by atoms with van der Waals surface area (Å²) < 4.78 is 0. The number of aryl methyl sites for hydroxylation is 1. The second kappa shape index (κ2) is 3.02. The second-order valence-corrected chi connectivity index (χ2v) is 2.82. The van der Waals surface area contributed by atoms with Crippen LogP contribution in [0.1, 0.15) is 16.3 Å². The van der Waals surface area contributed by atoms with Gasteiger partial charge in [0.15, 0.2) is 5.69 Å². The number of rotatable bonds is 1. The van der Waals surface area contributed by atoms with Crippen LogP contribution in [-0.4, -0.2) is 26.0 Å². The molecule has 0 unspecified atom stereocenters. The van der Waals surface area contributed by atoms with Crippen LogP contribution in [0, 0.1) is 6.92 Å². The number of hydrogen-bond donors (Lipinski definition) is 1. The standard InChI is InChI=1S/C9H7N3O2/c1-5-11-4-6-2-3-10-8(9(13)14)7(6)12-5/h2-4H,1H3,(H,13,14). The maximum Gasteiger partial charge on any atom is 0.356 e. The van der Waals surface area contributed by atoms with Gasteiger partial charge >= 0.3 is 5.97 Å². The smallest absolute Gasteiger partial charge is 0.356 e. The van der Waals surface area contributed by atoms with Crippen molar-refractivity contribution in [2.75, 3.05) is 0 Å². The molecule has 0 radical (unpaired) electrons. The summed E-state index contributed by atoms with van der Waals surface area (Å²) in [5.74, 6) is -0.540. The van der Waals surface area contributed by atoms with E-state index in [0.29, 0.717) is 16.7 Å². The Hall–Kier alpha value is -2.04. The van der Waals surface area contributed by atoms with E-state index < -0.39 is 5.97 Å². The third-order valence-corrected chi connectivity index (χ3v) is 1.82. The molecule has 0 atom stereocenters. The first-order valence-electron chi connectivity index (χ1n) is 4.00. The summed E-state index contributed by atoms with van der Waals surface area (Å²) in [4.78, 5) is 22.6. The molecule has 0 fully saturated rings. The Balaban J connectivity index is 2.84. The Morgan fingerprint density at radius 1 is 1.43 bits per heavy atom. The summed E-state index contributed by atoms with van der Waals surface area (Å²) in [5, 5.41) is 9.53. The average Bonchev–Trinajstić information content (AvgIpc) is 2.16. The van der Waals surface area contributed by atoms with Gasteiger partial charge in [0.1, 0.15) is 11.3 Å². The van der Waals surface area contributed by atoms with Gasteiger partial charge in [0.25, 0.3) is 0 Å². The van der Waals surface area contributed by atoms with Crippen molar-refractivity contribution in [1.82, 2.24) is 15.0 Å². The van der Waals surface area contributed by atoms with E-state index in [0.717, 1.165) is 0 Å². The summed E-state index contributed by atoms with van der Waals surface area (Å²) in [6, 6.07) is 1.68. The lowest BCUT2D eigenvalue weighted by Crippen LogP contribution is -2.03. The number of carboxylic acids is 1. The largest absolute Gasteiger partial charge is 0.476 e. The molecule has 1 N–H and O–H groups in total. The van der Waals surface area contributed by atoms with E-state index in [2.05, 4.69) is 15.0 Å². The highest BCUT2D eigenvalue weighted by molar-refractivity contribution is 5.99. The van der Waals surface area contributed by atoms with E-state index >= 15 is 0 Å². The summed E-state index contributed by atoms with van der Waals surface area (Å²) in [6.45, 7) is 1.71. The molecular formula is C9H7N3O2. The van der Waals surface area contributed by atoms with Gasteiger partial charge in [-0.2, -0.15) is 0 Å². The molecule has 0 bridgehead atoms. The topological polar surface area (TPSA) is 76.0 Å². The first-order valence-corrected chi connectivity index (χ1v) is 4.00. The molecule has 2 rings (SSSR count). The molecule has 2 aromatic heterocycles. The first-order chi connectivity index (χ1) is 6.68. The quantitative estimate of drug-likeness (QED) is 0.725. The Morgan fingerprint density at radius 2 is 2.21 bits per heavy atom. The number of nitrogens with zero attached hydrogens (tertiary/aromatic N) is 3. The molecule has 0 aliphatic rings. The van der Waals surface area contributed by atoms with E-state index in [-0.39, 0.29) is 5.69 Å². The van der Waals surface area contributed by atoms with Crippen LogP contribution in [0.5, 0.6) is 0 Å². The minimum absolute atomic E-state index is 0.0343. The van der Waals surface area contributed by atoms with Gasteiger partial charge < -0.3 is 5.11 Å². The fourth-order valence-corrected chi connectivity index (χ4v) is 1.20. The molecule has 2 aromatic rings. The van der Waals surface area contributed by atoms with Crippen LogP contribution in [0.15, 0.2) is 18.5 Å². The van der Waals surface area contributed by atoms with Crippen LogP contribution in [0.4, 0.5) is 0 Å². The van der Waals surface area contributed by atoms with E-state index in [1.54, 1.807) is 19.2 Å². The number of carbonyl (C=O) groups is 1. The average molecular weight is 189 g/mol. The highest BCUT2D eigenvalue weighted by Crippen LogP contribution is 2.13. The minimum atomic E-state index is -1.08. The third-order valence-electron chi connectivity index (χ3n) is 1.82. The highest BCUT2D eigenvalue weighted by atomic mass is 16.4. The van der Waals surface area contributed by atoms with Gasteiger partial charge in [0, 0.05) is 17.8 Å².